The van der Waals surface area contributed by atoms with Crippen molar-refractivity contribution < 1.29 is 13.6 Å². The average molecular weight is 194 g/mol. The lowest BCUT2D eigenvalue weighted by Gasteiger charge is -1.88. The van der Waals surface area contributed by atoms with E-state index in [9.17, 15) is 4.79 Å². The molecule has 0 atom stereocenters. The van der Waals surface area contributed by atoms with Crippen LogP contribution in [0.1, 0.15) is 10.5 Å². The minimum atomic E-state index is -0.508. The van der Waals surface area contributed by atoms with Gasteiger partial charge in [-0.15, -0.1) is 0 Å². The van der Waals surface area contributed by atoms with E-state index in [2.05, 4.69) is 9.84 Å². The smallest absolute Gasteiger partial charge is 0.365 e. The van der Waals surface area contributed by atoms with Crippen LogP contribution in [0, 0.1) is 0 Å². The molecule has 0 saturated carbocycles. The Labute approximate surface area is 72.5 Å². The Kier molecular flexibility index (Phi) is 2.41. The fourth-order valence-corrected chi connectivity index (χ4v) is 1.56. The molecule has 0 spiro atoms. The minimum absolute atomic E-state index is 0.168. The van der Waals surface area contributed by atoms with Crippen molar-refractivity contribution in [1.29, 1.82) is 0 Å². The summed E-state index contributed by atoms with van der Waals surface area (Å²) in [4.78, 5) is 10.9. The number of carbonyl (C=O) groups excluding carboxylic acids is 1. The molecule has 1 rings (SSSR count). The van der Waals surface area contributed by atoms with Gasteiger partial charge in [-0.1, -0.05) is 11.6 Å². The van der Waals surface area contributed by atoms with E-state index >= 15 is 0 Å². The normalized spacial score (nSPS) is 9.73. The molecule has 4 nitrogen and oxygen atoms in total. The van der Waals surface area contributed by atoms with Crippen molar-refractivity contribution in [1.82, 2.24) is 5.10 Å². The zero-order valence-corrected chi connectivity index (χ0v) is 7.57. The highest BCUT2D eigenvalue weighted by molar-refractivity contribution is 7.07. The lowest BCUT2D eigenvalue weighted by Crippen LogP contribution is -2.26. The van der Waals surface area contributed by atoms with Crippen LogP contribution in [-0.4, -0.2) is 18.2 Å². The number of aromatic nitrogens is 2. The molecule has 0 unspecified atom stereocenters. The number of hydrogen-bond acceptors (Lipinski definition) is 4. The molecule has 0 aromatic carbocycles. The molecule has 1 aromatic heterocycles. The molecule has 0 fully saturated rings. The quantitative estimate of drug-likeness (QED) is 0.479. The Morgan fingerprint density at radius 1 is 1.82 bits per heavy atom. The summed E-state index contributed by atoms with van der Waals surface area (Å²) < 4.78 is 6.28. The first-order valence-corrected chi connectivity index (χ1v) is 3.91. The number of carbonyl (C=O) groups is 1. The number of esters is 1. The minimum Gasteiger partial charge on any atom is -0.464 e. The van der Waals surface area contributed by atoms with Gasteiger partial charge in [0.1, 0.15) is 0 Å². The van der Waals surface area contributed by atoms with Crippen LogP contribution in [0.4, 0.5) is 0 Å². The second-order valence-corrected chi connectivity index (χ2v) is 3.49. The van der Waals surface area contributed by atoms with Gasteiger partial charge in [0.05, 0.1) is 7.11 Å². The first-order valence-electron chi connectivity index (χ1n) is 2.76. The van der Waals surface area contributed by atoms with Crippen LogP contribution >= 0.6 is 23.1 Å². The summed E-state index contributed by atoms with van der Waals surface area (Å²) in [6.07, 6.45) is 0. The number of nitrogens with zero attached hydrogens (tertiary/aromatic N) is 2. The van der Waals surface area contributed by atoms with E-state index in [1.165, 1.54) is 22.7 Å². The maximum atomic E-state index is 10.9. The monoisotopic (exact) mass is 193 g/mol. The fourth-order valence-electron chi connectivity index (χ4n) is 0.578. The summed E-state index contributed by atoms with van der Waals surface area (Å²) in [5.74, 6) is -0.508. The van der Waals surface area contributed by atoms with E-state index in [0.29, 0.717) is 4.34 Å². The third-order valence-corrected chi connectivity index (χ3v) is 2.10. The van der Waals surface area contributed by atoms with Gasteiger partial charge in [-0.2, -0.15) is 0 Å². The molecular weight excluding hydrogens is 188 g/mol. The average Bonchev–Trinajstić information content (AvgIpc) is 2.28. The molecule has 0 bridgehead atoms. The van der Waals surface area contributed by atoms with E-state index in [1.54, 1.807) is 7.05 Å². The number of rotatable bonds is 1. The molecule has 0 aliphatic carbocycles. The number of halogens is 1. The lowest BCUT2D eigenvalue weighted by atomic mass is 10.5. The van der Waals surface area contributed by atoms with Gasteiger partial charge < -0.3 is 4.74 Å². The van der Waals surface area contributed by atoms with Crippen LogP contribution in [0.25, 0.3) is 0 Å². The van der Waals surface area contributed by atoms with E-state index in [4.69, 9.17) is 11.6 Å². The van der Waals surface area contributed by atoms with Crippen LogP contribution in [0.5, 0.6) is 0 Å². The highest BCUT2D eigenvalue weighted by atomic mass is 35.5. The van der Waals surface area contributed by atoms with Gasteiger partial charge in [0.2, 0.25) is 0 Å². The highest BCUT2D eigenvalue weighted by Gasteiger charge is 2.21. The highest BCUT2D eigenvalue weighted by Crippen LogP contribution is 2.15. The summed E-state index contributed by atoms with van der Waals surface area (Å²) >= 11 is 6.84. The van der Waals surface area contributed by atoms with Crippen LogP contribution < -0.4 is 4.07 Å². The van der Waals surface area contributed by atoms with Gasteiger partial charge in [-0.3, -0.25) is 0 Å². The molecular formula is C5H6ClN2O2S+. The molecule has 0 aliphatic heterocycles. The molecule has 60 valence electrons. The third kappa shape index (κ3) is 1.66. The summed E-state index contributed by atoms with van der Waals surface area (Å²) in [6, 6.07) is 0. The van der Waals surface area contributed by atoms with Crippen molar-refractivity contribution in [3.8, 4) is 0 Å². The van der Waals surface area contributed by atoms with Gasteiger partial charge in [0, 0.05) is 5.10 Å². The molecule has 11 heavy (non-hydrogen) atoms. The fraction of sp³-hybridized carbons (Fsp3) is 0.400. The van der Waals surface area contributed by atoms with Crippen LogP contribution in [0.3, 0.4) is 0 Å². The molecule has 0 N–H and O–H groups in total. The molecule has 1 heterocycles. The van der Waals surface area contributed by atoms with E-state index < -0.39 is 5.97 Å². The maximum absolute atomic E-state index is 10.9. The Morgan fingerprint density at radius 3 is 2.82 bits per heavy atom. The van der Waals surface area contributed by atoms with Crippen molar-refractivity contribution in [3.05, 3.63) is 10.0 Å². The Bertz CT molecular complexity index is 286. The zero-order valence-electron chi connectivity index (χ0n) is 6.00. The van der Waals surface area contributed by atoms with Gasteiger partial charge in [-0.25, -0.2) is 4.79 Å². The largest absolute Gasteiger partial charge is 0.464 e. The van der Waals surface area contributed by atoms with E-state index in [-0.39, 0.29) is 5.69 Å². The molecule has 0 aliphatic rings. The molecule has 1 aromatic rings. The maximum Gasteiger partial charge on any atom is 0.365 e. The Hall–Kier alpha value is -0.680. The van der Waals surface area contributed by atoms with Gasteiger partial charge >= 0.3 is 5.97 Å². The van der Waals surface area contributed by atoms with Crippen molar-refractivity contribution in [2.24, 2.45) is 7.05 Å². The molecule has 0 amide bonds. The van der Waals surface area contributed by atoms with E-state index in [0.717, 1.165) is 0 Å². The first kappa shape index (κ1) is 8.42. The molecule has 0 saturated heterocycles. The van der Waals surface area contributed by atoms with Crippen LogP contribution in [0.15, 0.2) is 0 Å². The Balaban J connectivity index is 3.03. The van der Waals surface area contributed by atoms with Crippen molar-refractivity contribution in [2.75, 3.05) is 7.11 Å². The molecule has 6 heteroatoms. The predicted molar refractivity (Wildman–Crippen MR) is 39.6 cm³/mol. The lowest BCUT2D eigenvalue weighted by molar-refractivity contribution is -0.663. The standard InChI is InChI=1S/C5H6ClN2O2S/c1-8-7-3(4(6)11-8)5(9)10-2/h1-2H3/q+1. The van der Waals surface area contributed by atoms with Crippen molar-refractivity contribution in [3.63, 3.8) is 0 Å². The first-order chi connectivity index (χ1) is 5.15. The topological polar surface area (TPSA) is 43.1 Å². The predicted octanol–water partition coefficient (Wildman–Crippen LogP) is 0.408. The second-order valence-electron chi connectivity index (χ2n) is 1.77. The third-order valence-electron chi connectivity index (χ3n) is 1.02. The van der Waals surface area contributed by atoms with Gasteiger partial charge in [-0.05, 0) is 4.07 Å². The van der Waals surface area contributed by atoms with Crippen molar-refractivity contribution >= 4 is 29.1 Å². The number of methoxy groups -OCH3 is 1. The Morgan fingerprint density at radius 2 is 2.45 bits per heavy atom. The SMILES string of the molecule is COC(=O)c1n[n+](C)sc1Cl. The summed E-state index contributed by atoms with van der Waals surface area (Å²) in [7, 11) is 2.99. The van der Waals surface area contributed by atoms with Crippen LogP contribution in [0.2, 0.25) is 4.34 Å². The zero-order chi connectivity index (χ0) is 8.43. The second kappa shape index (κ2) is 3.15. The molecule has 0 radical (unpaired) electrons. The van der Waals surface area contributed by atoms with Gasteiger partial charge in [0.25, 0.3) is 5.69 Å². The number of ether oxygens (including phenoxy) is 1. The summed E-state index contributed by atoms with van der Waals surface area (Å²) in [5.41, 5.74) is 0.168. The summed E-state index contributed by atoms with van der Waals surface area (Å²) in [6.45, 7) is 0. The number of hydrogen-bond donors (Lipinski definition) is 0. The van der Waals surface area contributed by atoms with Crippen LogP contribution in [-0.2, 0) is 11.8 Å². The summed E-state index contributed by atoms with van der Waals surface area (Å²) in [5, 5.41) is 3.81. The van der Waals surface area contributed by atoms with Gasteiger partial charge in [0.15, 0.2) is 22.9 Å². The van der Waals surface area contributed by atoms with E-state index in [1.807, 2.05) is 0 Å². The van der Waals surface area contributed by atoms with Crippen molar-refractivity contribution in [2.45, 2.75) is 0 Å². The number of aryl methyl sites for hydroxylation is 1.